The Morgan fingerprint density at radius 3 is 3.00 bits per heavy atom. The second kappa shape index (κ2) is 5.64. The minimum Gasteiger partial charge on any atom is -0.309 e. The zero-order chi connectivity index (χ0) is 9.52. The Morgan fingerprint density at radius 1 is 1.46 bits per heavy atom. The molecule has 1 rings (SSSR count). The van der Waals surface area contributed by atoms with Crippen LogP contribution < -0.4 is 5.32 Å². The largest absolute Gasteiger partial charge is 0.309 e. The highest BCUT2D eigenvalue weighted by atomic mass is 35.5. The third kappa shape index (κ3) is 3.50. The molecule has 2 heteroatoms. The van der Waals surface area contributed by atoms with Gasteiger partial charge in [-0.05, 0) is 24.7 Å². The van der Waals surface area contributed by atoms with Crippen LogP contribution in [0.4, 0.5) is 0 Å². The van der Waals surface area contributed by atoms with Crippen molar-refractivity contribution in [2.45, 2.75) is 5.88 Å². The van der Waals surface area contributed by atoms with Gasteiger partial charge in [-0.25, -0.2) is 0 Å². The third-order valence-corrected chi connectivity index (χ3v) is 1.89. The predicted octanol–water partition coefficient (Wildman–Crippen LogP) is 2.00. The first kappa shape index (κ1) is 10.1. The first-order valence-electron chi connectivity index (χ1n) is 4.15. The summed E-state index contributed by atoms with van der Waals surface area (Å²) >= 11 is 5.70. The van der Waals surface area contributed by atoms with Crippen LogP contribution in [0.3, 0.4) is 0 Å². The molecule has 0 aliphatic heterocycles. The van der Waals surface area contributed by atoms with Gasteiger partial charge in [-0.15, -0.1) is 11.6 Å². The van der Waals surface area contributed by atoms with Gasteiger partial charge < -0.3 is 5.32 Å². The van der Waals surface area contributed by atoms with Crippen molar-refractivity contribution in [3.63, 3.8) is 0 Å². The molecule has 0 spiro atoms. The number of halogens is 1. The average molecular weight is 194 g/mol. The molecule has 0 bridgehead atoms. The maximum absolute atomic E-state index is 5.70. The molecule has 1 N–H and O–H groups in total. The van der Waals surface area contributed by atoms with Crippen LogP contribution >= 0.6 is 11.6 Å². The van der Waals surface area contributed by atoms with Crippen molar-refractivity contribution < 1.29 is 0 Å². The molecule has 0 saturated heterocycles. The van der Waals surface area contributed by atoms with Gasteiger partial charge in [0.2, 0.25) is 0 Å². The number of hydrogen-bond donors (Lipinski definition) is 1. The Hall–Kier alpha value is -0.970. The van der Waals surface area contributed by atoms with Gasteiger partial charge in [0, 0.05) is 11.4 Å². The Bertz CT molecular complexity index is 322. The van der Waals surface area contributed by atoms with Crippen LogP contribution in [-0.4, -0.2) is 13.6 Å². The highest BCUT2D eigenvalue weighted by molar-refractivity contribution is 6.17. The van der Waals surface area contributed by atoms with Gasteiger partial charge in [0.1, 0.15) is 0 Å². The topological polar surface area (TPSA) is 12.0 Å². The summed E-state index contributed by atoms with van der Waals surface area (Å²) in [4.78, 5) is 0. The molecule has 0 amide bonds. The Kier molecular flexibility index (Phi) is 4.39. The van der Waals surface area contributed by atoms with E-state index in [1.807, 2.05) is 31.3 Å². The van der Waals surface area contributed by atoms with E-state index in [0.29, 0.717) is 12.4 Å². The standard InChI is InChI=1S/C11H12ClN/c1-13-7-3-6-10-4-2-5-11(8-10)9-12/h2,4-5,8,13H,7,9H2,1H3. The van der Waals surface area contributed by atoms with Gasteiger partial charge in [-0.2, -0.15) is 0 Å². The van der Waals surface area contributed by atoms with Crippen LogP contribution in [0.15, 0.2) is 24.3 Å². The quantitative estimate of drug-likeness (QED) is 0.560. The summed E-state index contributed by atoms with van der Waals surface area (Å²) < 4.78 is 0. The van der Waals surface area contributed by atoms with Gasteiger partial charge >= 0.3 is 0 Å². The van der Waals surface area contributed by atoms with Gasteiger partial charge in [0.15, 0.2) is 0 Å². The fourth-order valence-electron chi connectivity index (χ4n) is 0.967. The van der Waals surface area contributed by atoms with E-state index in [9.17, 15) is 0 Å². The van der Waals surface area contributed by atoms with Crippen molar-refractivity contribution in [1.82, 2.24) is 5.32 Å². The Balaban J connectivity index is 2.73. The van der Waals surface area contributed by atoms with E-state index in [1.54, 1.807) is 0 Å². The maximum Gasteiger partial charge on any atom is 0.0577 e. The molecule has 0 heterocycles. The second-order valence-electron chi connectivity index (χ2n) is 2.67. The van der Waals surface area contributed by atoms with Crippen molar-refractivity contribution in [1.29, 1.82) is 0 Å². The molecule has 0 radical (unpaired) electrons. The van der Waals surface area contributed by atoms with Crippen molar-refractivity contribution in [3.8, 4) is 11.8 Å². The van der Waals surface area contributed by atoms with Crippen LogP contribution in [-0.2, 0) is 5.88 Å². The third-order valence-electron chi connectivity index (χ3n) is 1.58. The smallest absolute Gasteiger partial charge is 0.0577 e. The summed E-state index contributed by atoms with van der Waals surface area (Å²) in [5, 5.41) is 2.97. The zero-order valence-corrected chi connectivity index (χ0v) is 8.36. The summed E-state index contributed by atoms with van der Waals surface area (Å²) in [6, 6.07) is 7.96. The number of rotatable bonds is 2. The van der Waals surface area contributed by atoms with Crippen LogP contribution in [0.5, 0.6) is 0 Å². The van der Waals surface area contributed by atoms with Gasteiger partial charge in [0.25, 0.3) is 0 Å². The van der Waals surface area contributed by atoms with E-state index in [2.05, 4.69) is 17.2 Å². The molecule has 0 aromatic heterocycles. The molecule has 0 fully saturated rings. The van der Waals surface area contributed by atoms with Gasteiger partial charge in [-0.1, -0.05) is 24.0 Å². The first-order chi connectivity index (χ1) is 6.36. The van der Waals surface area contributed by atoms with E-state index < -0.39 is 0 Å². The first-order valence-corrected chi connectivity index (χ1v) is 4.68. The van der Waals surface area contributed by atoms with E-state index in [4.69, 9.17) is 11.6 Å². The highest BCUT2D eigenvalue weighted by Crippen LogP contribution is 2.06. The SMILES string of the molecule is CNCC#Cc1cccc(CCl)c1. The monoisotopic (exact) mass is 193 g/mol. The normalized spacial score (nSPS) is 9.08. The average Bonchev–Trinajstić information content (AvgIpc) is 2.19. The summed E-state index contributed by atoms with van der Waals surface area (Å²) in [5.41, 5.74) is 2.13. The molecular formula is C11H12ClN. The molecule has 68 valence electrons. The van der Waals surface area contributed by atoms with E-state index in [1.165, 1.54) is 0 Å². The number of alkyl halides is 1. The van der Waals surface area contributed by atoms with Crippen LogP contribution in [0.1, 0.15) is 11.1 Å². The van der Waals surface area contributed by atoms with Crippen molar-refractivity contribution in [2.24, 2.45) is 0 Å². The van der Waals surface area contributed by atoms with Crippen LogP contribution in [0.25, 0.3) is 0 Å². The molecule has 13 heavy (non-hydrogen) atoms. The van der Waals surface area contributed by atoms with E-state index in [-0.39, 0.29) is 0 Å². The lowest BCUT2D eigenvalue weighted by molar-refractivity contribution is 0.938. The molecule has 1 aromatic carbocycles. The molecule has 0 atom stereocenters. The minimum atomic E-state index is 0.543. The maximum atomic E-state index is 5.70. The predicted molar refractivity (Wildman–Crippen MR) is 56.8 cm³/mol. The number of benzene rings is 1. The summed E-state index contributed by atoms with van der Waals surface area (Å²) in [6.45, 7) is 0.713. The van der Waals surface area contributed by atoms with Crippen molar-refractivity contribution in [3.05, 3.63) is 35.4 Å². The Labute approximate surface area is 84.1 Å². The lowest BCUT2D eigenvalue weighted by Crippen LogP contribution is -2.04. The molecule has 1 nitrogen and oxygen atoms in total. The minimum absolute atomic E-state index is 0.543. The second-order valence-corrected chi connectivity index (χ2v) is 2.93. The summed E-state index contributed by atoms with van der Waals surface area (Å²) in [5.74, 6) is 6.59. The molecule has 0 aliphatic rings. The molecule has 0 unspecified atom stereocenters. The lowest BCUT2D eigenvalue weighted by atomic mass is 10.1. The summed E-state index contributed by atoms with van der Waals surface area (Å²) in [7, 11) is 1.88. The molecule has 0 saturated carbocycles. The zero-order valence-electron chi connectivity index (χ0n) is 7.60. The molecule has 1 aromatic rings. The van der Waals surface area contributed by atoms with Gasteiger partial charge in [-0.3, -0.25) is 0 Å². The summed E-state index contributed by atoms with van der Waals surface area (Å²) in [6.07, 6.45) is 0. The lowest BCUT2D eigenvalue weighted by Gasteiger charge is -1.94. The van der Waals surface area contributed by atoms with Crippen molar-refractivity contribution >= 4 is 11.6 Å². The molecule has 0 aliphatic carbocycles. The highest BCUT2D eigenvalue weighted by Gasteiger charge is 1.90. The number of hydrogen-bond acceptors (Lipinski definition) is 1. The Morgan fingerprint density at radius 2 is 2.31 bits per heavy atom. The van der Waals surface area contributed by atoms with E-state index >= 15 is 0 Å². The van der Waals surface area contributed by atoms with E-state index in [0.717, 1.165) is 11.1 Å². The fraction of sp³-hybridized carbons (Fsp3) is 0.273. The van der Waals surface area contributed by atoms with Crippen LogP contribution in [0.2, 0.25) is 0 Å². The number of nitrogens with one attached hydrogen (secondary N) is 1. The van der Waals surface area contributed by atoms with Crippen molar-refractivity contribution in [2.75, 3.05) is 13.6 Å². The van der Waals surface area contributed by atoms with Gasteiger partial charge in [0.05, 0.1) is 6.54 Å². The molecular weight excluding hydrogens is 182 g/mol. The van der Waals surface area contributed by atoms with Crippen LogP contribution in [0, 0.1) is 11.8 Å². The fourth-order valence-corrected chi connectivity index (χ4v) is 1.13.